The van der Waals surface area contributed by atoms with Crippen LogP contribution in [-0.4, -0.2) is 30.3 Å². The van der Waals surface area contributed by atoms with Crippen LogP contribution in [0.15, 0.2) is 0 Å². The minimum Gasteiger partial charge on any atom is -0.444 e. The maximum absolute atomic E-state index is 11.8. The average molecular weight is 296 g/mol. The molecule has 0 aromatic rings. The van der Waals surface area contributed by atoms with Crippen molar-refractivity contribution in [1.29, 1.82) is 0 Å². The van der Waals surface area contributed by atoms with Gasteiger partial charge in [0.15, 0.2) is 0 Å². The van der Waals surface area contributed by atoms with Crippen LogP contribution >= 0.6 is 0 Å². The molecule has 4 heteroatoms. The van der Waals surface area contributed by atoms with Crippen LogP contribution in [0.5, 0.6) is 0 Å². The molecule has 0 saturated heterocycles. The van der Waals surface area contributed by atoms with Gasteiger partial charge < -0.3 is 15.4 Å². The number of nitrogens with one attached hydrogen (secondary N) is 2. The molecule has 0 spiro atoms. The third-order valence-electron chi connectivity index (χ3n) is 4.62. The molecular formula is C17H32N2O2. The molecule has 0 bridgehead atoms. The molecule has 0 heterocycles. The number of hydrogen-bond donors (Lipinski definition) is 2. The second-order valence-corrected chi connectivity index (χ2v) is 7.68. The summed E-state index contributed by atoms with van der Waals surface area (Å²) in [4.78, 5) is 11.8. The molecule has 0 aromatic heterocycles. The third-order valence-corrected chi connectivity index (χ3v) is 4.62. The Morgan fingerprint density at radius 2 is 1.67 bits per heavy atom. The maximum Gasteiger partial charge on any atom is 0.407 e. The molecule has 21 heavy (non-hydrogen) atoms. The number of amides is 1. The summed E-state index contributed by atoms with van der Waals surface area (Å²) in [6.07, 6.45) is 10.1. The Balaban J connectivity index is 1.77. The van der Waals surface area contributed by atoms with Crippen LogP contribution in [0.4, 0.5) is 4.79 Å². The van der Waals surface area contributed by atoms with E-state index in [1.807, 2.05) is 20.8 Å². The molecule has 2 atom stereocenters. The van der Waals surface area contributed by atoms with Crippen molar-refractivity contribution >= 4 is 6.09 Å². The minimum atomic E-state index is -0.419. The number of ether oxygens (including phenoxy) is 1. The molecule has 2 unspecified atom stereocenters. The van der Waals surface area contributed by atoms with Gasteiger partial charge in [0.25, 0.3) is 0 Å². The highest BCUT2D eigenvalue weighted by Crippen LogP contribution is 2.27. The molecule has 2 rings (SSSR count). The molecule has 2 N–H and O–H groups in total. The molecule has 0 aliphatic heterocycles. The quantitative estimate of drug-likeness (QED) is 0.833. The van der Waals surface area contributed by atoms with Crippen molar-refractivity contribution in [1.82, 2.24) is 10.6 Å². The van der Waals surface area contributed by atoms with Crippen LogP contribution in [0.25, 0.3) is 0 Å². The summed E-state index contributed by atoms with van der Waals surface area (Å²) in [5, 5.41) is 6.81. The lowest BCUT2D eigenvalue weighted by Gasteiger charge is -2.34. The fraction of sp³-hybridized carbons (Fsp3) is 0.941. The van der Waals surface area contributed by atoms with Gasteiger partial charge >= 0.3 is 6.09 Å². The molecular weight excluding hydrogens is 264 g/mol. The van der Waals surface area contributed by atoms with Crippen molar-refractivity contribution < 1.29 is 9.53 Å². The summed E-state index contributed by atoms with van der Waals surface area (Å²) >= 11 is 0. The smallest absolute Gasteiger partial charge is 0.407 e. The van der Waals surface area contributed by atoms with E-state index in [-0.39, 0.29) is 6.09 Å². The van der Waals surface area contributed by atoms with Gasteiger partial charge in [0, 0.05) is 18.6 Å². The molecule has 4 nitrogen and oxygen atoms in total. The topological polar surface area (TPSA) is 50.4 Å². The SMILES string of the molecule is CC(C)(C)OC(=O)NCC1CCCCC1NC1CCCC1. The van der Waals surface area contributed by atoms with Crippen molar-refractivity contribution in [2.24, 2.45) is 5.92 Å². The second kappa shape index (κ2) is 7.48. The van der Waals surface area contributed by atoms with Crippen molar-refractivity contribution in [2.45, 2.75) is 89.8 Å². The number of alkyl carbamates (subject to hydrolysis) is 1. The van der Waals surface area contributed by atoms with Crippen molar-refractivity contribution in [2.75, 3.05) is 6.54 Å². The van der Waals surface area contributed by atoms with Crippen molar-refractivity contribution in [3.8, 4) is 0 Å². The Kier molecular flexibility index (Phi) is 5.91. The van der Waals surface area contributed by atoms with E-state index in [4.69, 9.17) is 4.74 Å². The highest BCUT2D eigenvalue weighted by molar-refractivity contribution is 5.67. The monoisotopic (exact) mass is 296 g/mol. The van der Waals surface area contributed by atoms with Gasteiger partial charge in [-0.15, -0.1) is 0 Å². The predicted molar refractivity (Wildman–Crippen MR) is 85.4 cm³/mol. The Hall–Kier alpha value is -0.770. The number of carbonyl (C=O) groups is 1. The van der Waals surface area contributed by atoms with Gasteiger partial charge in [0.05, 0.1) is 0 Å². The summed E-state index contributed by atoms with van der Waals surface area (Å²) in [6.45, 7) is 6.44. The summed E-state index contributed by atoms with van der Waals surface area (Å²) in [6, 6.07) is 1.27. The zero-order chi connectivity index (χ0) is 15.3. The predicted octanol–water partition coefficient (Wildman–Crippen LogP) is 3.60. The van der Waals surface area contributed by atoms with Crippen molar-refractivity contribution in [3.63, 3.8) is 0 Å². The lowest BCUT2D eigenvalue weighted by atomic mass is 9.84. The van der Waals surface area contributed by atoms with Crippen LogP contribution in [0.1, 0.15) is 72.1 Å². The van der Waals surface area contributed by atoms with E-state index in [1.54, 1.807) is 0 Å². The first-order valence-electron chi connectivity index (χ1n) is 8.67. The first-order chi connectivity index (χ1) is 9.94. The van der Waals surface area contributed by atoms with E-state index in [1.165, 1.54) is 51.4 Å². The van der Waals surface area contributed by atoms with E-state index >= 15 is 0 Å². The van der Waals surface area contributed by atoms with Gasteiger partial charge in [-0.2, -0.15) is 0 Å². The normalized spacial score (nSPS) is 27.6. The Bertz CT molecular complexity index is 332. The number of hydrogen-bond acceptors (Lipinski definition) is 3. The van der Waals surface area contributed by atoms with Gasteiger partial charge in [-0.1, -0.05) is 25.7 Å². The van der Waals surface area contributed by atoms with E-state index in [0.29, 0.717) is 18.0 Å². The molecule has 2 aliphatic carbocycles. The maximum atomic E-state index is 11.8. The highest BCUT2D eigenvalue weighted by Gasteiger charge is 2.28. The zero-order valence-corrected chi connectivity index (χ0v) is 13.9. The largest absolute Gasteiger partial charge is 0.444 e. The Morgan fingerprint density at radius 1 is 1.05 bits per heavy atom. The Labute approximate surface area is 129 Å². The number of carbonyl (C=O) groups excluding carboxylic acids is 1. The van der Waals surface area contributed by atoms with Crippen LogP contribution in [0.2, 0.25) is 0 Å². The summed E-state index contributed by atoms with van der Waals surface area (Å²) in [5.41, 5.74) is -0.419. The fourth-order valence-corrected chi connectivity index (χ4v) is 3.60. The van der Waals surface area contributed by atoms with Gasteiger partial charge in [-0.05, 0) is 52.4 Å². The van der Waals surface area contributed by atoms with Gasteiger partial charge in [-0.3, -0.25) is 0 Å². The molecule has 122 valence electrons. The van der Waals surface area contributed by atoms with E-state index in [2.05, 4.69) is 10.6 Å². The van der Waals surface area contributed by atoms with Crippen LogP contribution in [0.3, 0.4) is 0 Å². The van der Waals surface area contributed by atoms with E-state index in [0.717, 1.165) is 6.54 Å². The van der Waals surface area contributed by atoms with Crippen molar-refractivity contribution in [3.05, 3.63) is 0 Å². The van der Waals surface area contributed by atoms with Gasteiger partial charge in [0.1, 0.15) is 5.60 Å². The highest BCUT2D eigenvalue weighted by atomic mass is 16.6. The van der Waals surface area contributed by atoms with Crippen LogP contribution in [0, 0.1) is 5.92 Å². The molecule has 0 radical (unpaired) electrons. The molecule has 2 aliphatic rings. The average Bonchev–Trinajstić information content (AvgIpc) is 2.88. The summed E-state index contributed by atoms with van der Waals surface area (Å²) in [7, 11) is 0. The molecule has 1 amide bonds. The summed E-state index contributed by atoms with van der Waals surface area (Å²) in [5.74, 6) is 0.548. The standard InChI is InChI=1S/C17H32N2O2/c1-17(2,3)21-16(20)18-12-13-8-4-7-11-15(13)19-14-9-5-6-10-14/h13-15,19H,4-12H2,1-3H3,(H,18,20). The lowest BCUT2D eigenvalue weighted by molar-refractivity contribution is 0.0510. The minimum absolute atomic E-state index is 0.285. The van der Waals surface area contributed by atoms with Crippen LogP contribution < -0.4 is 10.6 Å². The first-order valence-corrected chi connectivity index (χ1v) is 8.67. The zero-order valence-electron chi connectivity index (χ0n) is 13.9. The molecule has 2 fully saturated rings. The Morgan fingerprint density at radius 3 is 2.33 bits per heavy atom. The lowest BCUT2D eigenvalue weighted by Crippen LogP contribution is -2.47. The number of rotatable bonds is 4. The molecule has 2 saturated carbocycles. The van der Waals surface area contributed by atoms with E-state index in [9.17, 15) is 4.79 Å². The summed E-state index contributed by atoms with van der Waals surface area (Å²) < 4.78 is 5.33. The van der Waals surface area contributed by atoms with Crippen LogP contribution in [-0.2, 0) is 4.74 Å². The first kappa shape index (κ1) is 16.6. The second-order valence-electron chi connectivity index (χ2n) is 7.68. The third kappa shape index (κ3) is 5.85. The van der Waals surface area contributed by atoms with Gasteiger partial charge in [0.2, 0.25) is 0 Å². The van der Waals surface area contributed by atoms with E-state index < -0.39 is 5.60 Å². The fourth-order valence-electron chi connectivity index (χ4n) is 3.60. The molecule has 0 aromatic carbocycles. The van der Waals surface area contributed by atoms with Gasteiger partial charge in [-0.25, -0.2) is 4.79 Å².